The molecule has 0 heterocycles. The van der Waals surface area contributed by atoms with Crippen molar-refractivity contribution in [2.45, 2.75) is 20.1 Å². The fourth-order valence-corrected chi connectivity index (χ4v) is 2.83. The zero-order valence-corrected chi connectivity index (χ0v) is 16.0. The molecule has 0 fully saturated rings. The zero-order chi connectivity index (χ0) is 20.6. The summed E-state index contributed by atoms with van der Waals surface area (Å²) in [6, 6.07) is 18.5. The maximum absolute atomic E-state index is 13.9. The number of halogens is 1. The third kappa shape index (κ3) is 5.25. The van der Waals surface area contributed by atoms with E-state index < -0.39 is 5.97 Å². The van der Waals surface area contributed by atoms with Crippen LogP contribution in [0.4, 0.5) is 10.1 Å². The Labute approximate surface area is 168 Å². The smallest absolute Gasteiger partial charge is 0.335 e. The monoisotopic (exact) mass is 395 g/mol. The van der Waals surface area contributed by atoms with Crippen LogP contribution in [0.3, 0.4) is 0 Å². The fourth-order valence-electron chi connectivity index (χ4n) is 2.83. The summed E-state index contributed by atoms with van der Waals surface area (Å²) in [5.41, 5.74) is 2.30. The van der Waals surface area contributed by atoms with E-state index >= 15 is 0 Å². The zero-order valence-electron chi connectivity index (χ0n) is 16.0. The van der Waals surface area contributed by atoms with Crippen molar-refractivity contribution >= 4 is 11.7 Å². The van der Waals surface area contributed by atoms with E-state index in [4.69, 9.17) is 14.6 Å². The number of ether oxygens (including phenoxy) is 2. The number of carbonyl (C=O) groups is 1. The molecule has 2 N–H and O–H groups in total. The average molecular weight is 395 g/mol. The number of rotatable bonds is 9. The van der Waals surface area contributed by atoms with Crippen molar-refractivity contribution < 1.29 is 23.8 Å². The first-order valence-electron chi connectivity index (χ1n) is 9.26. The fraction of sp³-hybridized carbons (Fsp3) is 0.174. The van der Waals surface area contributed by atoms with E-state index in [0.29, 0.717) is 30.2 Å². The van der Waals surface area contributed by atoms with Crippen LogP contribution in [-0.2, 0) is 13.2 Å². The molecule has 0 aromatic heterocycles. The van der Waals surface area contributed by atoms with Crippen LogP contribution in [0.1, 0.15) is 28.4 Å². The standard InChI is InChI=1S/C23H22FNO4/c1-2-28-21-9-5-7-17(14-25-19-12-10-16(11-13-19)23(26)27)22(21)29-15-18-6-3-4-8-20(18)24/h3-13,25H,2,14-15H2,1H3,(H,26,27). The van der Waals surface area contributed by atoms with Crippen LogP contribution in [0.25, 0.3) is 0 Å². The van der Waals surface area contributed by atoms with E-state index in [2.05, 4.69) is 5.32 Å². The minimum Gasteiger partial charge on any atom is -0.490 e. The normalized spacial score (nSPS) is 10.4. The molecule has 0 atom stereocenters. The number of hydrogen-bond acceptors (Lipinski definition) is 4. The van der Waals surface area contributed by atoms with Crippen LogP contribution in [-0.4, -0.2) is 17.7 Å². The molecule has 0 aliphatic carbocycles. The molecule has 0 amide bonds. The Kier molecular flexibility index (Phi) is 6.68. The van der Waals surface area contributed by atoms with Crippen LogP contribution in [0.15, 0.2) is 66.7 Å². The van der Waals surface area contributed by atoms with Crippen molar-refractivity contribution in [2.24, 2.45) is 0 Å². The maximum atomic E-state index is 13.9. The Balaban J connectivity index is 1.77. The molecular formula is C23H22FNO4. The molecule has 0 unspecified atom stereocenters. The lowest BCUT2D eigenvalue weighted by Gasteiger charge is -2.17. The van der Waals surface area contributed by atoms with E-state index in [1.807, 2.05) is 25.1 Å². The number of hydrogen-bond donors (Lipinski definition) is 2. The van der Waals surface area contributed by atoms with E-state index in [1.165, 1.54) is 18.2 Å². The predicted molar refractivity (Wildman–Crippen MR) is 109 cm³/mol. The second kappa shape index (κ2) is 9.59. The number of benzene rings is 3. The molecule has 3 rings (SSSR count). The van der Waals surface area contributed by atoms with Gasteiger partial charge in [0.15, 0.2) is 11.5 Å². The molecule has 0 bridgehead atoms. The summed E-state index contributed by atoms with van der Waals surface area (Å²) < 4.78 is 25.6. The summed E-state index contributed by atoms with van der Waals surface area (Å²) in [6.45, 7) is 2.87. The molecule has 0 saturated heterocycles. The highest BCUT2D eigenvalue weighted by Crippen LogP contribution is 2.33. The molecule has 0 spiro atoms. The van der Waals surface area contributed by atoms with Gasteiger partial charge in [-0.15, -0.1) is 0 Å². The van der Waals surface area contributed by atoms with Crippen molar-refractivity contribution in [1.82, 2.24) is 0 Å². The Morgan fingerprint density at radius 2 is 1.69 bits per heavy atom. The molecule has 5 nitrogen and oxygen atoms in total. The molecule has 0 aliphatic heterocycles. The summed E-state index contributed by atoms with van der Waals surface area (Å²) in [4.78, 5) is 11.0. The van der Waals surface area contributed by atoms with Crippen molar-refractivity contribution in [3.05, 3.63) is 89.2 Å². The van der Waals surface area contributed by atoms with Crippen LogP contribution < -0.4 is 14.8 Å². The van der Waals surface area contributed by atoms with Crippen LogP contribution in [0.2, 0.25) is 0 Å². The molecule has 29 heavy (non-hydrogen) atoms. The number of carboxylic acid groups (broad SMARTS) is 1. The van der Waals surface area contributed by atoms with Gasteiger partial charge in [0.2, 0.25) is 0 Å². The summed E-state index contributed by atoms with van der Waals surface area (Å²) in [7, 11) is 0. The number of anilines is 1. The summed E-state index contributed by atoms with van der Waals surface area (Å²) in [5, 5.41) is 12.2. The third-order valence-corrected chi connectivity index (χ3v) is 4.30. The summed E-state index contributed by atoms with van der Waals surface area (Å²) in [6.07, 6.45) is 0. The highest BCUT2D eigenvalue weighted by molar-refractivity contribution is 5.88. The minimum atomic E-state index is -0.968. The molecule has 150 valence electrons. The van der Waals surface area contributed by atoms with Crippen LogP contribution >= 0.6 is 0 Å². The van der Waals surface area contributed by atoms with Gasteiger partial charge in [0, 0.05) is 23.4 Å². The van der Waals surface area contributed by atoms with Crippen LogP contribution in [0, 0.1) is 5.82 Å². The number of carboxylic acids is 1. The number of nitrogens with one attached hydrogen (secondary N) is 1. The molecule has 0 radical (unpaired) electrons. The summed E-state index contributed by atoms with van der Waals surface area (Å²) in [5.74, 6) is -0.152. The highest BCUT2D eigenvalue weighted by atomic mass is 19.1. The van der Waals surface area contributed by atoms with Gasteiger partial charge in [0.25, 0.3) is 0 Å². The van der Waals surface area contributed by atoms with Crippen molar-refractivity contribution in [3.8, 4) is 11.5 Å². The maximum Gasteiger partial charge on any atom is 0.335 e. The van der Waals surface area contributed by atoms with Gasteiger partial charge in [-0.2, -0.15) is 0 Å². The second-order valence-electron chi connectivity index (χ2n) is 6.29. The van der Waals surface area contributed by atoms with Gasteiger partial charge >= 0.3 is 5.97 Å². The lowest BCUT2D eigenvalue weighted by Crippen LogP contribution is -2.07. The number of aromatic carboxylic acids is 1. The van der Waals surface area contributed by atoms with Crippen molar-refractivity contribution in [2.75, 3.05) is 11.9 Å². The van der Waals surface area contributed by atoms with E-state index in [1.54, 1.807) is 30.3 Å². The Morgan fingerprint density at radius 3 is 2.38 bits per heavy atom. The van der Waals surface area contributed by atoms with Gasteiger partial charge in [-0.25, -0.2) is 9.18 Å². The topological polar surface area (TPSA) is 67.8 Å². The van der Waals surface area contributed by atoms with Crippen LogP contribution in [0.5, 0.6) is 11.5 Å². The Bertz CT molecular complexity index is 973. The molecule has 3 aromatic rings. The molecule has 0 aliphatic rings. The summed E-state index contributed by atoms with van der Waals surface area (Å²) >= 11 is 0. The quantitative estimate of drug-likeness (QED) is 0.527. The Hall–Kier alpha value is -3.54. The second-order valence-corrected chi connectivity index (χ2v) is 6.29. The third-order valence-electron chi connectivity index (χ3n) is 4.30. The molecule has 3 aromatic carbocycles. The Morgan fingerprint density at radius 1 is 0.966 bits per heavy atom. The van der Waals surface area contributed by atoms with Gasteiger partial charge in [0.1, 0.15) is 12.4 Å². The molecule has 6 heteroatoms. The lowest BCUT2D eigenvalue weighted by molar-refractivity contribution is 0.0697. The molecule has 0 saturated carbocycles. The van der Waals surface area contributed by atoms with E-state index in [-0.39, 0.29) is 18.0 Å². The largest absolute Gasteiger partial charge is 0.490 e. The van der Waals surface area contributed by atoms with Crippen molar-refractivity contribution in [1.29, 1.82) is 0 Å². The predicted octanol–water partition coefficient (Wildman–Crippen LogP) is 5.11. The van der Waals surface area contributed by atoms with Gasteiger partial charge in [0.05, 0.1) is 12.2 Å². The van der Waals surface area contributed by atoms with Gasteiger partial charge in [-0.05, 0) is 43.3 Å². The first kappa shape index (κ1) is 20.2. The highest BCUT2D eigenvalue weighted by Gasteiger charge is 2.13. The lowest BCUT2D eigenvalue weighted by atomic mass is 10.1. The SMILES string of the molecule is CCOc1cccc(CNc2ccc(C(=O)O)cc2)c1OCc1ccccc1F. The number of para-hydroxylation sites is 1. The van der Waals surface area contributed by atoms with Gasteiger partial charge in [-0.3, -0.25) is 0 Å². The molecular weight excluding hydrogens is 373 g/mol. The van der Waals surface area contributed by atoms with Crippen molar-refractivity contribution in [3.63, 3.8) is 0 Å². The minimum absolute atomic E-state index is 0.0804. The first-order chi connectivity index (χ1) is 14.1. The first-order valence-corrected chi connectivity index (χ1v) is 9.26. The van der Waals surface area contributed by atoms with E-state index in [0.717, 1.165) is 11.3 Å². The van der Waals surface area contributed by atoms with Gasteiger partial charge in [-0.1, -0.05) is 30.3 Å². The van der Waals surface area contributed by atoms with E-state index in [9.17, 15) is 9.18 Å². The average Bonchev–Trinajstić information content (AvgIpc) is 2.73. The van der Waals surface area contributed by atoms with Gasteiger partial charge < -0.3 is 19.9 Å².